The first-order valence-electron chi connectivity index (χ1n) is 11.0. The van der Waals surface area contributed by atoms with Gasteiger partial charge in [0.1, 0.15) is 11.4 Å². The maximum Gasteiger partial charge on any atom is 0.270 e. The number of aromatic hydroxyl groups is 1. The molecule has 9 nitrogen and oxygen atoms in total. The van der Waals surface area contributed by atoms with Crippen LogP contribution in [0.1, 0.15) is 24.3 Å². The van der Waals surface area contributed by atoms with Crippen molar-refractivity contribution in [2.45, 2.75) is 25.9 Å². The van der Waals surface area contributed by atoms with Gasteiger partial charge in [0.2, 0.25) is 0 Å². The van der Waals surface area contributed by atoms with Crippen LogP contribution in [-0.2, 0) is 7.05 Å². The molecule has 170 valence electrons. The van der Waals surface area contributed by atoms with Crippen molar-refractivity contribution >= 4 is 33.4 Å². The van der Waals surface area contributed by atoms with E-state index in [1.807, 2.05) is 31.4 Å². The highest BCUT2D eigenvalue weighted by Gasteiger charge is 2.23. The Morgan fingerprint density at radius 3 is 2.61 bits per heavy atom. The third-order valence-electron chi connectivity index (χ3n) is 6.02. The lowest BCUT2D eigenvalue weighted by Gasteiger charge is -2.37. The molecular weight excluding hydrogens is 418 g/mol. The average Bonchev–Trinajstić information content (AvgIpc) is 3.14. The van der Waals surface area contributed by atoms with Crippen LogP contribution in [0.5, 0.6) is 5.75 Å². The van der Waals surface area contributed by atoms with Gasteiger partial charge in [0.25, 0.3) is 5.91 Å². The van der Waals surface area contributed by atoms with Crippen molar-refractivity contribution in [3.05, 3.63) is 42.2 Å². The minimum absolute atomic E-state index is 0.0174. The fourth-order valence-electron chi connectivity index (χ4n) is 4.63. The summed E-state index contributed by atoms with van der Waals surface area (Å²) < 4.78 is 1.68. The first-order valence-corrected chi connectivity index (χ1v) is 11.0. The van der Waals surface area contributed by atoms with Crippen LogP contribution < -0.4 is 15.5 Å². The number of aromatic nitrogens is 4. The lowest BCUT2D eigenvalue weighted by atomic mass is 10.1. The molecule has 3 N–H and O–H groups in total. The highest BCUT2D eigenvalue weighted by Crippen LogP contribution is 2.33. The van der Waals surface area contributed by atoms with Gasteiger partial charge in [-0.05, 0) is 38.1 Å². The standard InChI is InChI=1S/C24H27N7O2/c1-13-10-31(11-14(2)26-13)16-5-6-19-17(8-16)22(24(33)25-3)28-23(27-19)18-7-15-12-30(4)29-20(15)9-21(18)32/h5-9,12-14,26,32H,10-11H2,1-4H3,(H,25,33)/t13-,14+. The first-order chi connectivity index (χ1) is 15.8. The maximum atomic E-state index is 12.8. The number of carbonyl (C=O) groups is 1. The number of phenolic OH excluding ortho intramolecular Hbond substituents is 1. The molecule has 1 aliphatic rings. The zero-order valence-corrected chi connectivity index (χ0v) is 19.1. The number of nitrogens with zero attached hydrogens (tertiary/aromatic N) is 5. The van der Waals surface area contributed by atoms with Crippen LogP contribution in [0.25, 0.3) is 33.2 Å². The fraction of sp³-hybridized carbons (Fsp3) is 0.333. The second kappa shape index (κ2) is 8.00. The number of benzene rings is 2. The number of fused-ring (bicyclic) bond motifs is 2. The van der Waals surface area contributed by atoms with Gasteiger partial charge in [0, 0.05) is 68.0 Å². The first kappa shape index (κ1) is 21.1. The van der Waals surface area contributed by atoms with E-state index in [1.165, 1.54) is 0 Å². The molecule has 0 radical (unpaired) electrons. The quantitative estimate of drug-likeness (QED) is 0.444. The Hall–Kier alpha value is -3.72. The van der Waals surface area contributed by atoms with Crippen molar-refractivity contribution in [3.8, 4) is 17.1 Å². The van der Waals surface area contributed by atoms with Crippen molar-refractivity contribution in [2.24, 2.45) is 7.05 Å². The summed E-state index contributed by atoms with van der Waals surface area (Å²) in [6, 6.07) is 10.1. The van der Waals surface area contributed by atoms with E-state index >= 15 is 0 Å². The highest BCUT2D eigenvalue weighted by atomic mass is 16.3. The summed E-state index contributed by atoms with van der Waals surface area (Å²) in [5.41, 5.74) is 3.08. The van der Waals surface area contributed by atoms with Gasteiger partial charge in [-0.3, -0.25) is 9.48 Å². The Kier molecular flexibility index (Phi) is 5.13. The summed E-state index contributed by atoms with van der Waals surface area (Å²) in [5, 5.41) is 22.7. The number of aryl methyl sites for hydroxylation is 1. The molecule has 33 heavy (non-hydrogen) atoms. The van der Waals surface area contributed by atoms with Crippen LogP contribution in [0.2, 0.25) is 0 Å². The maximum absolute atomic E-state index is 12.8. The third-order valence-corrected chi connectivity index (χ3v) is 6.02. The number of hydrogen-bond acceptors (Lipinski definition) is 7. The van der Waals surface area contributed by atoms with Crippen molar-refractivity contribution in [1.82, 2.24) is 30.4 Å². The minimum Gasteiger partial charge on any atom is -0.507 e. The molecule has 1 amide bonds. The number of anilines is 1. The van der Waals surface area contributed by atoms with E-state index in [9.17, 15) is 9.90 Å². The molecule has 5 rings (SSSR count). The number of piperazine rings is 1. The predicted octanol–water partition coefficient (Wildman–Crippen LogP) is 2.44. The second-order valence-electron chi connectivity index (χ2n) is 8.78. The number of hydrogen-bond donors (Lipinski definition) is 3. The smallest absolute Gasteiger partial charge is 0.270 e. The van der Waals surface area contributed by atoms with E-state index in [0.29, 0.717) is 39.9 Å². The van der Waals surface area contributed by atoms with E-state index in [2.05, 4.69) is 39.5 Å². The normalized spacial score (nSPS) is 18.7. The molecule has 2 aromatic carbocycles. The summed E-state index contributed by atoms with van der Waals surface area (Å²) in [6.07, 6.45) is 1.86. The summed E-state index contributed by atoms with van der Waals surface area (Å²) in [7, 11) is 3.41. The lowest BCUT2D eigenvalue weighted by molar-refractivity contribution is 0.0960. The second-order valence-corrected chi connectivity index (χ2v) is 8.78. The van der Waals surface area contributed by atoms with Gasteiger partial charge in [-0.2, -0.15) is 5.10 Å². The van der Waals surface area contributed by atoms with Gasteiger partial charge in [0.05, 0.1) is 16.6 Å². The third kappa shape index (κ3) is 3.84. The number of amides is 1. The van der Waals surface area contributed by atoms with Gasteiger partial charge >= 0.3 is 0 Å². The lowest BCUT2D eigenvalue weighted by Crippen LogP contribution is -2.54. The molecule has 1 aliphatic heterocycles. The molecular formula is C24H27N7O2. The SMILES string of the molecule is CNC(=O)c1nc(-c2cc3cn(C)nc3cc2O)nc2ccc(N3C[C@@H](C)N[C@@H](C)C3)cc12. The number of nitrogens with one attached hydrogen (secondary N) is 2. The summed E-state index contributed by atoms with van der Waals surface area (Å²) >= 11 is 0. The monoisotopic (exact) mass is 445 g/mol. The zero-order valence-electron chi connectivity index (χ0n) is 19.1. The molecule has 2 aromatic heterocycles. The molecule has 1 fully saturated rings. The van der Waals surface area contributed by atoms with E-state index in [4.69, 9.17) is 4.98 Å². The minimum atomic E-state index is -0.301. The molecule has 0 bridgehead atoms. The van der Waals surface area contributed by atoms with E-state index in [0.717, 1.165) is 24.2 Å². The molecule has 0 spiro atoms. The predicted molar refractivity (Wildman–Crippen MR) is 129 cm³/mol. The molecule has 0 unspecified atom stereocenters. The summed E-state index contributed by atoms with van der Waals surface area (Å²) in [4.78, 5) is 24.4. The summed E-state index contributed by atoms with van der Waals surface area (Å²) in [5.74, 6) is 0.00938. The van der Waals surface area contributed by atoms with Gasteiger partial charge in [-0.25, -0.2) is 9.97 Å². The Morgan fingerprint density at radius 2 is 1.88 bits per heavy atom. The summed E-state index contributed by atoms with van der Waals surface area (Å²) in [6.45, 7) is 6.09. The molecule has 4 aromatic rings. The zero-order chi connectivity index (χ0) is 23.3. The Balaban J connectivity index is 1.65. The Labute approximate surface area is 191 Å². The van der Waals surface area contributed by atoms with E-state index in [-0.39, 0.29) is 17.4 Å². The van der Waals surface area contributed by atoms with Crippen LogP contribution in [0.3, 0.4) is 0 Å². The van der Waals surface area contributed by atoms with Crippen LogP contribution in [0, 0.1) is 0 Å². The molecule has 3 heterocycles. The Morgan fingerprint density at radius 1 is 1.12 bits per heavy atom. The molecule has 2 atom stereocenters. The molecule has 0 saturated carbocycles. The van der Waals surface area contributed by atoms with Crippen LogP contribution in [0.4, 0.5) is 5.69 Å². The number of carbonyl (C=O) groups excluding carboxylic acids is 1. The number of rotatable bonds is 3. The van der Waals surface area contributed by atoms with Crippen LogP contribution in [-0.4, -0.2) is 63.0 Å². The molecule has 0 aliphatic carbocycles. The van der Waals surface area contributed by atoms with Gasteiger partial charge in [0.15, 0.2) is 5.82 Å². The van der Waals surface area contributed by atoms with Crippen molar-refractivity contribution in [3.63, 3.8) is 0 Å². The van der Waals surface area contributed by atoms with Crippen LogP contribution in [0.15, 0.2) is 36.5 Å². The molecule has 9 heteroatoms. The fourth-order valence-corrected chi connectivity index (χ4v) is 4.63. The average molecular weight is 446 g/mol. The topological polar surface area (TPSA) is 108 Å². The largest absolute Gasteiger partial charge is 0.507 e. The van der Waals surface area contributed by atoms with Crippen molar-refractivity contribution < 1.29 is 9.90 Å². The van der Waals surface area contributed by atoms with Crippen molar-refractivity contribution in [1.29, 1.82) is 0 Å². The van der Waals surface area contributed by atoms with E-state index < -0.39 is 0 Å². The van der Waals surface area contributed by atoms with Crippen molar-refractivity contribution in [2.75, 3.05) is 25.0 Å². The van der Waals surface area contributed by atoms with Gasteiger partial charge in [-0.1, -0.05) is 0 Å². The Bertz CT molecular complexity index is 1370. The number of phenols is 1. The molecule has 1 saturated heterocycles. The highest BCUT2D eigenvalue weighted by molar-refractivity contribution is 6.05. The van der Waals surface area contributed by atoms with Crippen LogP contribution >= 0.6 is 0 Å². The van der Waals surface area contributed by atoms with Gasteiger partial charge < -0.3 is 20.6 Å². The van der Waals surface area contributed by atoms with E-state index in [1.54, 1.807) is 23.9 Å². The van der Waals surface area contributed by atoms with Gasteiger partial charge in [-0.15, -0.1) is 0 Å².